The molecule has 0 radical (unpaired) electrons. The minimum absolute atomic E-state index is 0.0252. The Bertz CT molecular complexity index is 310. The third-order valence-corrected chi connectivity index (χ3v) is 1.98. The van der Waals surface area contributed by atoms with Gasteiger partial charge in [-0.15, -0.1) is 0 Å². The van der Waals surface area contributed by atoms with Crippen molar-refractivity contribution in [2.45, 2.75) is 32.8 Å². The predicted octanol–water partition coefficient (Wildman–Crippen LogP) is 2.54. The van der Waals surface area contributed by atoms with Gasteiger partial charge < -0.3 is 9.84 Å². The monoisotopic (exact) mass is 212 g/mol. The van der Waals surface area contributed by atoms with E-state index in [4.69, 9.17) is 9.84 Å². The number of aliphatic hydroxyl groups excluding tert-OH is 1. The van der Waals surface area contributed by atoms with E-state index in [1.807, 2.05) is 19.9 Å². The lowest BCUT2D eigenvalue weighted by Crippen LogP contribution is -2.07. The average molecular weight is 212 g/mol. The summed E-state index contributed by atoms with van der Waals surface area (Å²) in [4.78, 5) is 0. The summed E-state index contributed by atoms with van der Waals surface area (Å²) in [6.07, 6.45) is 1.32. The Kier molecular flexibility index (Phi) is 4.56. The molecule has 1 aromatic rings. The first-order chi connectivity index (χ1) is 7.13. The van der Waals surface area contributed by atoms with Crippen LogP contribution < -0.4 is 4.74 Å². The lowest BCUT2D eigenvalue weighted by atomic mass is 10.1. The van der Waals surface area contributed by atoms with E-state index in [0.717, 1.165) is 5.56 Å². The smallest absolute Gasteiger partial charge is 0.165 e. The topological polar surface area (TPSA) is 29.5 Å². The van der Waals surface area contributed by atoms with E-state index in [1.165, 1.54) is 6.07 Å². The molecule has 15 heavy (non-hydrogen) atoms. The fourth-order valence-corrected chi connectivity index (χ4v) is 1.33. The van der Waals surface area contributed by atoms with Crippen LogP contribution in [0.1, 0.15) is 25.8 Å². The number of benzene rings is 1. The molecule has 0 aliphatic heterocycles. The number of halogens is 1. The highest BCUT2D eigenvalue weighted by Gasteiger charge is 2.06. The number of hydrogen-bond acceptors (Lipinski definition) is 2. The zero-order valence-electron chi connectivity index (χ0n) is 9.16. The van der Waals surface area contributed by atoms with Gasteiger partial charge in [-0.05, 0) is 44.4 Å². The van der Waals surface area contributed by atoms with Crippen molar-refractivity contribution in [1.29, 1.82) is 0 Å². The van der Waals surface area contributed by atoms with Gasteiger partial charge in [0.15, 0.2) is 11.6 Å². The fraction of sp³-hybridized carbons (Fsp3) is 0.500. The SMILES string of the molecule is CC(C)Oc1ccc(CCCO)cc1F. The predicted molar refractivity (Wildman–Crippen MR) is 57.6 cm³/mol. The highest BCUT2D eigenvalue weighted by Crippen LogP contribution is 2.20. The van der Waals surface area contributed by atoms with E-state index in [2.05, 4.69) is 0 Å². The first kappa shape index (κ1) is 12.0. The fourth-order valence-electron chi connectivity index (χ4n) is 1.33. The number of rotatable bonds is 5. The second kappa shape index (κ2) is 5.71. The van der Waals surface area contributed by atoms with Crippen LogP contribution in [-0.4, -0.2) is 17.8 Å². The molecule has 0 spiro atoms. The number of aliphatic hydroxyl groups is 1. The van der Waals surface area contributed by atoms with Gasteiger partial charge in [-0.2, -0.15) is 0 Å². The molecule has 0 saturated carbocycles. The summed E-state index contributed by atoms with van der Waals surface area (Å²) in [5.41, 5.74) is 0.887. The Morgan fingerprint density at radius 3 is 2.67 bits per heavy atom. The van der Waals surface area contributed by atoms with Crippen molar-refractivity contribution in [2.75, 3.05) is 6.61 Å². The molecule has 0 bridgehead atoms. The van der Waals surface area contributed by atoms with E-state index in [9.17, 15) is 4.39 Å². The van der Waals surface area contributed by atoms with Crippen LogP contribution >= 0.6 is 0 Å². The quantitative estimate of drug-likeness (QED) is 0.812. The van der Waals surface area contributed by atoms with Gasteiger partial charge >= 0.3 is 0 Å². The van der Waals surface area contributed by atoms with Crippen LogP contribution in [-0.2, 0) is 6.42 Å². The Hall–Kier alpha value is -1.09. The molecule has 1 aromatic carbocycles. The largest absolute Gasteiger partial charge is 0.488 e. The van der Waals surface area contributed by atoms with Crippen molar-refractivity contribution in [1.82, 2.24) is 0 Å². The second-order valence-corrected chi connectivity index (χ2v) is 3.76. The normalized spacial score (nSPS) is 10.7. The van der Waals surface area contributed by atoms with Gasteiger partial charge in [0.1, 0.15) is 0 Å². The van der Waals surface area contributed by atoms with Crippen LogP contribution in [0, 0.1) is 5.82 Å². The zero-order chi connectivity index (χ0) is 11.3. The van der Waals surface area contributed by atoms with E-state index in [1.54, 1.807) is 6.07 Å². The highest BCUT2D eigenvalue weighted by molar-refractivity contribution is 5.29. The molecule has 84 valence electrons. The highest BCUT2D eigenvalue weighted by atomic mass is 19.1. The van der Waals surface area contributed by atoms with E-state index in [-0.39, 0.29) is 24.3 Å². The Balaban J connectivity index is 2.70. The van der Waals surface area contributed by atoms with Gasteiger partial charge in [0.25, 0.3) is 0 Å². The maximum absolute atomic E-state index is 13.5. The lowest BCUT2D eigenvalue weighted by Gasteiger charge is -2.11. The van der Waals surface area contributed by atoms with Crippen LogP contribution in [0.3, 0.4) is 0 Å². The van der Waals surface area contributed by atoms with Crippen molar-refractivity contribution >= 4 is 0 Å². The summed E-state index contributed by atoms with van der Waals surface area (Å²) in [6.45, 7) is 3.85. The summed E-state index contributed by atoms with van der Waals surface area (Å²) < 4.78 is 18.7. The van der Waals surface area contributed by atoms with Gasteiger partial charge in [-0.3, -0.25) is 0 Å². The van der Waals surface area contributed by atoms with E-state index in [0.29, 0.717) is 12.8 Å². The summed E-state index contributed by atoms with van der Waals surface area (Å²) >= 11 is 0. The molecule has 0 fully saturated rings. The first-order valence-corrected chi connectivity index (χ1v) is 5.19. The molecule has 0 amide bonds. The molecule has 0 unspecified atom stereocenters. The molecular formula is C12H17FO2. The molecule has 0 aromatic heterocycles. The molecule has 1 rings (SSSR count). The minimum Gasteiger partial charge on any atom is -0.488 e. The summed E-state index contributed by atoms with van der Waals surface area (Å²) in [5.74, 6) is -0.0445. The van der Waals surface area contributed by atoms with Crippen LogP contribution in [0.25, 0.3) is 0 Å². The zero-order valence-corrected chi connectivity index (χ0v) is 9.16. The Morgan fingerprint density at radius 1 is 1.40 bits per heavy atom. The van der Waals surface area contributed by atoms with Crippen LogP contribution in [0.5, 0.6) is 5.75 Å². The molecule has 0 aliphatic rings. The Morgan fingerprint density at radius 2 is 2.13 bits per heavy atom. The molecule has 1 N–H and O–H groups in total. The van der Waals surface area contributed by atoms with Crippen molar-refractivity contribution < 1.29 is 14.2 Å². The van der Waals surface area contributed by atoms with E-state index < -0.39 is 0 Å². The molecule has 0 aliphatic carbocycles. The molecule has 3 heteroatoms. The van der Waals surface area contributed by atoms with Crippen LogP contribution in [0.4, 0.5) is 4.39 Å². The molecule has 2 nitrogen and oxygen atoms in total. The van der Waals surface area contributed by atoms with Gasteiger partial charge in [0, 0.05) is 6.61 Å². The first-order valence-electron chi connectivity index (χ1n) is 5.19. The van der Waals surface area contributed by atoms with Crippen LogP contribution in [0.2, 0.25) is 0 Å². The number of ether oxygens (including phenoxy) is 1. The third kappa shape index (κ3) is 3.88. The number of hydrogen-bond donors (Lipinski definition) is 1. The van der Waals surface area contributed by atoms with Crippen molar-refractivity contribution in [3.05, 3.63) is 29.6 Å². The van der Waals surface area contributed by atoms with Gasteiger partial charge in [-0.25, -0.2) is 4.39 Å². The molecule has 0 saturated heterocycles. The second-order valence-electron chi connectivity index (χ2n) is 3.76. The summed E-state index contributed by atoms with van der Waals surface area (Å²) in [6, 6.07) is 4.94. The lowest BCUT2D eigenvalue weighted by molar-refractivity contribution is 0.231. The van der Waals surface area contributed by atoms with Gasteiger partial charge in [0.05, 0.1) is 6.10 Å². The minimum atomic E-state index is -0.334. The van der Waals surface area contributed by atoms with Crippen molar-refractivity contribution in [2.24, 2.45) is 0 Å². The van der Waals surface area contributed by atoms with Gasteiger partial charge in [-0.1, -0.05) is 6.07 Å². The van der Waals surface area contributed by atoms with Crippen molar-refractivity contribution in [3.8, 4) is 5.75 Å². The molecule has 0 heterocycles. The third-order valence-electron chi connectivity index (χ3n) is 1.98. The molecular weight excluding hydrogens is 195 g/mol. The Labute approximate surface area is 89.7 Å². The average Bonchev–Trinajstić information content (AvgIpc) is 2.18. The number of aryl methyl sites for hydroxylation is 1. The maximum atomic E-state index is 13.5. The molecule has 0 atom stereocenters. The van der Waals surface area contributed by atoms with Crippen LogP contribution in [0.15, 0.2) is 18.2 Å². The summed E-state index contributed by atoms with van der Waals surface area (Å²) in [7, 11) is 0. The summed E-state index contributed by atoms with van der Waals surface area (Å²) in [5, 5.41) is 8.65. The van der Waals surface area contributed by atoms with E-state index >= 15 is 0 Å². The van der Waals surface area contributed by atoms with Gasteiger partial charge in [0.2, 0.25) is 0 Å². The van der Waals surface area contributed by atoms with Crippen molar-refractivity contribution in [3.63, 3.8) is 0 Å². The maximum Gasteiger partial charge on any atom is 0.165 e. The standard InChI is InChI=1S/C12H17FO2/c1-9(2)15-12-6-5-10(4-3-7-14)8-11(12)13/h5-6,8-9,14H,3-4,7H2,1-2H3.